The van der Waals surface area contributed by atoms with Crippen LogP contribution in [-0.2, 0) is 0 Å². The number of carbonyl (C=O) groups is 1. The van der Waals surface area contributed by atoms with E-state index in [4.69, 9.17) is 5.73 Å². The zero-order valence-electron chi connectivity index (χ0n) is 9.86. The van der Waals surface area contributed by atoms with Crippen LogP contribution in [0.15, 0.2) is 27.7 Å². The molecule has 0 saturated carbocycles. The number of hydrogen-bond acceptors (Lipinski definition) is 2. The minimum absolute atomic E-state index is 0.251. The zero-order valence-corrected chi connectivity index (χ0v) is 11.4. The molecule has 2 rings (SSSR count). The van der Waals surface area contributed by atoms with Gasteiger partial charge in [0.05, 0.1) is 0 Å². The van der Waals surface area contributed by atoms with Crippen LogP contribution in [0.1, 0.15) is 24.9 Å². The molecule has 1 unspecified atom stereocenters. The molecule has 2 N–H and O–H groups in total. The summed E-state index contributed by atoms with van der Waals surface area (Å²) < 4.78 is 13.7. The van der Waals surface area contributed by atoms with Crippen LogP contribution >= 0.6 is 15.9 Å². The highest BCUT2D eigenvalue weighted by atomic mass is 79.9. The van der Waals surface area contributed by atoms with E-state index in [1.54, 1.807) is 11.0 Å². The number of amidine groups is 1. The van der Waals surface area contributed by atoms with E-state index < -0.39 is 6.04 Å². The fourth-order valence-electron chi connectivity index (χ4n) is 2.02. The first kappa shape index (κ1) is 13.0. The number of amides is 2. The molecule has 1 heterocycles. The third kappa shape index (κ3) is 2.25. The molecule has 1 atom stereocenters. The SMILES string of the molecule is CCCN1C(=O)N=C(N)C1c1ccc(F)cc1Br. The normalized spacial score (nSPS) is 19.3. The van der Waals surface area contributed by atoms with Gasteiger partial charge in [0.1, 0.15) is 17.7 Å². The Kier molecular flexibility index (Phi) is 3.65. The van der Waals surface area contributed by atoms with Crippen LogP contribution in [0.25, 0.3) is 0 Å². The predicted molar refractivity (Wildman–Crippen MR) is 70.9 cm³/mol. The van der Waals surface area contributed by atoms with Crippen molar-refractivity contribution < 1.29 is 9.18 Å². The molecule has 4 nitrogen and oxygen atoms in total. The van der Waals surface area contributed by atoms with Crippen LogP contribution in [0.4, 0.5) is 9.18 Å². The number of carbonyl (C=O) groups excluding carboxylic acids is 1. The minimum atomic E-state index is -0.410. The van der Waals surface area contributed by atoms with Crippen molar-refractivity contribution in [3.05, 3.63) is 34.1 Å². The molecule has 0 aliphatic carbocycles. The molecule has 2 amide bonds. The highest BCUT2D eigenvalue weighted by Gasteiger charge is 2.34. The second-order valence-corrected chi connectivity index (χ2v) is 4.94. The van der Waals surface area contributed by atoms with Crippen LogP contribution < -0.4 is 5.73 Å². The highest BCUT2D eigenvalue weighted by Crippen LogP contribution is 2.32. The van der Waals surface area contributed by atoms with E-state index in [-0.39, 0.29) is 17.7 Å². The summed E-state index contributed by atoms with van der Waals surface area (Å²) in [5.41, 5.74) is 6.55. The van der Waals surface area contributed by atoms with E-state index in [1.807, 2.05) is 6.92 Å². The first-order chi connectivity index (χ1) is 8.54. The van der Waals surface area contributed by atoms with Crippen molar-refractivity contribution in [2.75, 3.05) is 6.54 Å². The lowest BCUT2D eigenvalue weighted by Gasteiger charge is -2.24. The van der Waals surface area contributed by atoms with Gasteiger partial charge in [0.25, 0.3) is 0 Å². The number of nitrogens with two attached hydrogens (primary N) is 1. The first-order valence-electron chi connectivity index (χ1n) is 5.64. The van der Waals surface area contributed by atoms with E-state index in [1.165, 1.54) is 12.1 Å². The van der Waals surface area contributed by atoms with Gasteiger partial charge < -0.3 is 10.6 Å². The Morgan fingerprint density at radius 3 is 2.89 bits per heavy atom. The van der Waals surface area contributed by atoms with Crippen LogP contribution in [0.3, 0.4) is 0 Å². The maximum Gasteiger partial charge on any atom is 0.346 e. The topological polar surface area (TPSA) is 58.7 Å². The molecule has 0 bridgehead atoms. The third-order valence-electron chi connectivity index (χ3n) is 2.78. The van der Waals surface area contributed by atoms with Crippen LogP contribution in [0.5, 0.6) is 0 Å². The Bertz CT molecular complexity index is 518. The Morgan fingerprint density at radius 1 is 1.56 bits per heavy atom. The summed E-state index contributed by atoms with van der Waals surface area (Å²) in [5.74, 6) is -0.0896. The molecule has 1 aromatic rings. The summed E-state index contributed by atoms with van der Waals surface area (Å²) >= 11 is 3.29. The average molecular weight is 314 g/mol. The molecule has 0 saturated heterocycles. The minimum Gasteiger partial charge on any atom is -0.385 e. The number of rotatable bonds is 3. The fourth-order valence-corrected chi connectivity index (χ4v) is 2.59. The van der Waals surface area contributed by atoms with Crippen molar-refractivity contribution in [1.29, 1.82) is 0 Å². The van der Waals surface area contributed by atoms with E-state index in [2.05, 4.69) is 20.9 Å². The summed E-state index contributed by atoms with van der Waals surface area (Å²) in [6.45, 7) is 2.54. The molecule has 18 heavy (non-hydrogen) atoms. The summed E-state index contributed by atoms with van der Waals surface area (Å²) in [7, 11) is 0. The fraction of sp³-hybridized carbons (Fsp3) is 0.333. The number of hydrogen-bond donors (Lipinski definition) is 1. The Balaban J connectivity index is 2.41. The smallest absolute Gasteiger partial charge is 0.346 e. The molecular weight excluding hydrogens is 301 g/mol. The third-order valence-corrected chi connectivity index (χ3v) is 3.47. The van der Waals surface area contributed by atoms with Gasteiger partial charge in [-0.15, -0.1) is 0 Å². The molecular formula is C12H13BrFN3O. The van der Waals surface area contributed by atoms with Crippen molar-refractivity contribution in [2.45, 2.75) is 19.4 Å². The Hall–Kier alpha value is -1.43. The second kappa shape index (κ2) is 5.06. The maximum absolute atomic E-state index is 13.1. The summed E-state index contributed by atoms with van der Waals surface area (Å²) in [4.78, 5) is 17.1. The zero-order chi connectivity index (χ0) is 13.3. The molecule has 6 heteroatoms. The van der Waals surface area contributed by atoms with Gasteiger partial charge in [0.2, 0.25) is 0 Å². The summed E-state index contributed by atoms with van der Waals surface area (Å²) in [6.07, 6.45) is 0.809. The number of aliphatic imine (C=N–C) groups is 1. The summed E-state index contributed by atoms with van der Waals surface area (Å²) in [6, 6.07) is 3.58. The average Bonchev–Trinajstić information content (AvgIpc) is 2.56. The largest absolute Gasteiger partial charge is 0.385 e. The van der Waals surface area contributed by atoms with Gasteiger partial charge >= 0.3 is 6.03 Å². The maximum atomic E-state index is 13.1. The molecule has 1 aliphatic rings. The van der Waals surface area contributed by atoms with E-state index >= 15 is 0 Å². The highest BCUT2D eigenvalue weighted by molar-refractivity contribution is 9.10. The van der Waals surface area contributed by atoms with Crippen molar-refractivity contribution in [2.24, 2.45) is 10.7 Å². The van der Waals surface area contributed by atoms with Crippen LogP contribution in [0, 0.1) is 5.82 Å². The molecule has 0 fully saturated rings. The monoisotopic (exact) mass is 313 g/mol. The molecule has 0 aromatic heterocycles. The van der Waals surface area contributed by atoms with Gasteiger partial charge in [-0.2, -0.15) is 4.99 Å². The molecule has 96 valence electrons. The number of halogens is 2. The standard InChI is InChI=1S/C12H13BrFN3O/c1-2-5-17-10(11(15)16-12(17)18)8-4-3-7(14)6-9(8)13/h3-4,6,10H,2,5H2,1H3,(H2,15,16,18). The van der Waals surface area contributed by atoms with Gasteiger partial charge in [-0.1, -0.05) is 28.9 Å². The lowest BCUT2D eigenvalue weighted by Crippen LogP contribution is -2.34. The Labute approximate surface area is 113 Å². The molecule has 0 spiro atoms. The van der Waals surface area contributed by atoms with Gasteiger partial charge in [0.15, 0.2) is 0 Å². The van der Waals surface area contributed by atoms with Crippen molar-refractivity contribution in [3.63, 3.8) is 0 Å². The van der Waals surface area contributed by atoms with Crippen LogP contribution in [-0.4, -0.2) is 23.3 Å². The van der Waals surface area contributed by atoms with E-state index in [0.717, 1.165) is 12.0 Å². The molecule has 1 aromatic carbocycles. The van der Waals surface area contributed by atoms with E-state index in [0.29, 0.717) is 11.0 Å². The second-order valence-electron chi connectivity index (χ2n) is 4.08. The van der Waals surface area contributed by atoms with E-state index in [9.17, 15) is 9.18 Å². The van der Waals surface area contributed by atoms with Crippen LogP contribution in [0.2, 0.25) is 0 Å². The van der Waals surface area contributed by atoms with Gasteiger partial charge in [0, 0.05) is 11.0 Å². The Morgan fingerprint density at radius 2 is 2.28 bits per heavy atom. The number of urea groups is 1. The lowest BCUT2D eigenvalue weighted by molar-refractivity contribution is 0.206. The van der Waals surface area contributed by atoms with Crippen molar-refractivity contribution >= 4 is 27.8 Å². The van der Waals surface area contributed by atoms with Crippen molar-refractivity contribution in [3.8, 4) is 0 Å². The summed E-state index contributed by atoms with van der Waals surface area (Å²) in [5, 5.41) is 0. The van der Waals surface area contributed by atoms with Gasteiger partial charge in [-0.25, -0.2) is 9.18 Å². The lowest BCUT2D eigenvalue weighted by atomic mass is 10.1. The van der Waals surface area contributed by atoms with Crippen molar-refractivity contribution in [1.82, 2.24) is 4.90 Å². The molecule has 0 radical (unpaired) electrons. The van der Waals surface area contributed by atoms with Gasteiger partial charge in [-0.05, 0) is 24.1 Å². The quantitative estimate of drug-likeness (QED) is 0.932. The van der Waals surface area contributed by atoms with Gasteiger partial charge in [-0.3, -0.25) is 0 Å². The number of nitrogens with zero attached hydrogens (tertiary/aromatic N) is 2. The predicted octanol–water partition coefficient (Wildman–Crippen LogP) is 2.83. The number of benzene rings is 1. The molecule has 1 aliphatic heterocycles. The first-order valence-corrected chi connectivity index (χ1v) is 6.43.